The number of fused-ring (bicyclic) bond motifs is 1. The van der Waals surface area contributed by atoms with Crippen molar-refractivity contribution in [2.24, 2.45) is 4.99 Å². The largest absolute Gasteiger partial charge is 0.496 e. The van der Waals surface area contributed by atoms with Gasteiger partial charge in [0.1, 0.15) is 10.8 Å². The number of nitrogens with one attached hydrogen (secondary N) is 1. The topological polar surface area (TPSA) is 53.9 Å². The Kier molecular flexibility index (Phi) is 8.01. The van der Waals surface area contributed by atoms with E-state index in [9.17, 15) is 4.79 Å². The molecule has 1 aliphatic rings. The lowest BCUT2D eigenvalue weighted by atomic mass is 9.95. The fourth-order valence-corrected chi connectivity index (χ4v) is 5.69. The molecule has 0 fully saturated rings. The fourth-order valence-electron chi connectivity index (χ4n) is 4.46. The van der Waals surface area contributed by atoms with E-state index in [0.29, 0.717) is 6.54 Å². The molecule has 34 heavy (non-hydrogen) atoms. The third-order valence-electron chi connectivity index (χ3n) is 6.34. The summed E-state index contributed by atoms with van der Waals surface area (Å²) in [7, 11) is 1.69. The molecule has 0 saturated heterocycles. The first kappa shape index (κ1) is 24.0. The lowest BCUT2D eigenvalue weighted by molar-refractivity contribution is 0.0951. The zero-order chi connectivity index (χ0) is 23.9. The van der Waals surface area contributed by atoms with E-state index in [0.717, 1.165) is 65.5 Å². The predicted molar refractivity (Wildman–Crippen MR) is 142 cm³/mol. The highest BCUT2D eigenvalue weighted by Crippen LogP contribution is 2.40. The maximum Gasteiger partial charge on any atom is 0.254 e. The Morgan fingerprint density at radius 2 is 1.88 bits per heavy atom. The average molecular weight is 476 g/mol. The van der Waals surface area contributed by atoms with Gasteiger partial charge in [-0.3, -0.25) is 4.79 Å². The van der Waals surface area contributed by atoms with Gasteiger partial charge in [0.15, 0.2) is 0 Å². The van der Waals surface area contributed by atoms with Crippen LogP contribution in [0.25, 0.3) is 0 Å². The minimum atomic E-state index is -0.0424. The Morgan fingerprint density at radius 3 is 2.62 bits per heavy atom. The van der Waals surface area contributed by atoms with Crippen LogP contribution in [0.5, 0.6) is 5.75 Å². The van der Waals surface area contributed by atoms with Crippen LogP contribution in [-0.2, 0) is 19.4 Å². The summed E-state index contributed by atoms with van der Waals surface area (Å²) >= 11 is 1.65. The number of rotatable bonds is 9. The Bertz CT molecular complexity index is 1150. The molecular weight excluding hydrogens is 442 g/mol. The van der Waals surface area contributed by atoms with Gasteiger partial charge in [-0.2, -0.15) is 0 Å². The number of carbonyl (C=O) groups is 1. The van der Waals surface area contributed by atoms with Gasteiger partial charge in [0.05, 0.1) is 12.7 Å². The highest BCUT2D eigenvalue weighted by atomic mass is 32.1. The summed E-state index contributed by atoms with van der Waals surface area (Å²) in [6, 6.07) is 16.2. The van der Waals surface area contributed by atoms with E-state index in [2.05, 4.69) is 36.2 Å². The summed E-state index contributed by atoms with van der Waals surface area (Å²) in [6.45, 7) is 6.68. The van der Waals surface area contributed by atoms with Crippen LogP contribution in [0.2, 0.25) is 0 Å². The number of aryl methyl sites for hydroxylation is 1. The number of nitrogens with zero attached hydrogens (tertiary/aromatic N) is 2. The monoisotopic (exact) mass is 475 g/mol. The molecule has 5 nitrogen and oxygen atoms in total. The SMILES string of the molecule is CCN(CC)c1ccc(C=Nc2sc3c(c2C(=O)NCc2ccccc2)CCCC3)c(OC)c1. The zero-order valence-corrected chi connectivity index (χ0v) is 21.1. The first-order valence-electron chi connectivity index (χ1n) is 12.1. The second-order valence-corrected chi connectivity index (χ2v) is 9.50. The van der Waals surface area contributed by atoms with E-state index in [1.54, 1.807) is 18.4 Å². The van der Waals surface area contributed by atoms with Gasteiger partial charge in [-0.05, 0) is 62.8 Å². The Balaban J connectivity index is 1.61. The fraction of sp³-hybridized carbons (Fsp3) is 0.357. The van der Waals surface area contributed by atoms with Crippen LogP contribution in [0.15, 0.2) is 53.5 Å². The number of carbonyl (C=O) groups excluding carboxylic acids is 1. The van der Waals surface area contributed by atoms with Gasteiger partial charge in [-0.1, -0.05) is 30.3 Å². The first-order chi connectivity index (χ1) is 16.6. The molecule has 3 aromatic rings. The molecule has 4 rings (SSSR count). The molecule has 1 aliphatic carbocycles. The third kappa shape index (κ3) is 5.33. The Hall–Kier alpha value is -3.12. The van der Waals surface area contributed by atoms with Crippen molar-refractivity contribution in [1.82, 2.24) is 5.32 Å². The second-order valence-electron chi connectivity index (χ2n) is 8.42. The van der Waals surface area contributed by atoms with Crippen molar-refractivity contribution in [2.75, 3.05) is 25.1 Å². The van der Waals surface area contributed by atoms with Crippen molar-refractivity contribution in [3.63, 3.8) is 0 Å². The summed E-state index contributed by atoms with van der Waals surface area (Å²) in [5.41, 5.74) is 5.04. The number of aliphatic imine (C=N–C) groups is 1. The van der Waals surface area contributed by atoms with E-state index in [1.807, 2.05) is 42.6 Å². The summed E-state index contributed by atoms with van der Waals surface area (Å²) in [4.78, 5) is 21.7. The van der Waals surface area contributed by atoms with Crippen LogP contribution >= 0.6 is 11.3 Å². The van der Waals surface area contributed by atoms with Gasteiger partial charge in [0, 0.05) is 48.0 Å². The third-order valence-corrected chi connectivity index (χ3v) is 7.54. The van der Waals surface area contributed by atoms with Crippen LogP contribution in [-0.4, -0.2) is 32.3 Å². The maximum absolute atomic E-state index is 13.3. The highest BCUT2D eigenvalue weighted by Gasteiger charge is 2.25. The molecule has 1 aromatic heterocycles. The van der Waals surface area contributed by atoms with Gasteiger partial charge in [0.25, 0.3) is 5.91 Å². The molecule has 1 heterocycles. The minimum absolute atomic E-state index is 0.0424. The van der Waals surface area contributed by atoms with E-state index in [4.69, 9.17) is 9.73 Å². The normalized spacial score (nSPS) is 13.0. The van der Waals surface area contributed by atoms with E-state index < -0.39 is 0 Å². The van der Waals surface area contributed by atoms with Gasteiger partial charge >= 0.3 is 0 Å². The summed E-state index contributed by atoms with van der Waals surface area (Å²) < 4.78 is 5.67. The van der Waals surface area contributed by atoms with Crippen LogP contribution < -0.4 is 15.0 Å². The molecule has 1 N–H and O–H groups in total. The second kappa shape index (κ2) is 11.3. The molecule has 0 bridgehead atoms. The highest BCUT2D eigenvalue weighted by molar-refractivity contribution is 7.16. The minimum Gasteiger partial charge on any atom is -0.496 e. The van der Waals surface area contributed by atoms with Crippen molar-refractivity contribution in [3.8, 4) is 5.75 Å². The summed E-state index contributed by atoms with van der Waals surface area (Å²) in [5.74, 6) is 0.740. The molecule has 178 valence electrons. The quantitative estimate of drug-likeness (QED) is 0.377. The van der Waals surface area contributed by atoms with Crippen LogP contribution in [0.3, 0.4) is 0 Å². The van der Waals surface area contributed by atoms with Gasteiger partial charge in [0.2, 0.25) is 0 Å². The molecule has 0 aliphatic heterocycles. The van der Waals surface area contributed by atoms with Crippen molar-refractivity contribution in [3.05, 3.63) is 75.7 Å². The molecular formula is C28H33N3O2S. The molecule has 0 unspecified atom stereocenters. The molecule has 0 saturated carbocycles. The van der Waals surface area contributed by atoms with Gasteiger partial charge in [-0.15, -0.1) is 11.3 Å². The number of methoxy groups -OCH3 is 1. The van der Waals surface area contributed by atoms with Crippen LogP contribution in [0.1, 0.15) is 58.6 Å². The van der Waals surface area contributed by atoms with Gasteiger partial charge < -0.3 is 15.0 Å². The molecule has 6 heteroatoms. The maximum atomic E-state index is 13.3. The lowest BCUT2D eigenvalue weighted by Crippen LogP contribution is -2.24. The number of anilines is 1. The Labute approximate surface area is 206 Å². The number of benzene rings is 2. The summed E-state index contributed by atoms with van der Waals surface area (Å²) in [6.07, 6.45) is 6.08. The number of hydrogen-bond donors (Lipinski definition) is 1. The summed E-state index contributed by atoms with van der Waals surface area (Å²) in [5, 5.41) is 3.89. The Morgan fingerprint density at radius 1 is 1.12 bits per heavy atom. The lowest BCUT2D eigenvalue weighted by Gasteiger charge is -2.22. The van der Waals surface area contributed by atoms with Crippen LogP contribution in [0, 0.1) is 0 Å². The van der Waals surface area contributed by atoms with Crippen molar-refractivity contribution in [2.45, 2.75) is 46.1 Å². The standard InChI is InChI=1S/C28H33N3O2S/c1-4-31(5-2)22-16-15-21(24(17-22)33-3)19-30-28-26(23-13-9-10-14-25(23)34-28)27(32)29-18-20-11-7-6-8-12-20/h6-8,11-12,15-17,19H,4-5,9-10,13-14,18H2,1-3H3,(H,29,32). The van der Waals surface area contributed by atoms with Crippen molar-refractivity contribution >= 4 is 34.1 Å². The van der Waals surface area contributed by atoms with Crippen molar-refractivity contribution in [1.29, 1.82) is 0 Å². The molecule has 0 radical (unpaired) electrons. The van der Waals surface area contributed by atoms with E-state index >= 15 is 0 Å². The van der Waals surface area contributed by atoms with E-state index in [-0.39, 0.29) is 5.91 Å². The van der Waals surface area contributed by atoms with Crippen LogP contribution in [0.4, 0.5) is 10.7 Å². The molecule has 0 spiro atoms. The predicted octanol–water partition coefficient (Wildman–Crippen LogP) is 6.16. The number of ether oxygens (including phenoxy) is 1. The number of hydrogen-bond acceptors (Lipinski definition) is 5. The molecule has 2 aromatic carbocycles. The number of thiophene rings is 1. The van der Waals surface area contributed by atoms with E-state index in [1.165, 1.54) is 16.9 Å². The van der Waals surface area contributed by atoms with Crippen molar-refractivity contribution < 1.29 is 9.53 Å². The van der Waals surface area contributed by atoms with Gasteiger partial charge in [-0.25, -0.2) is 4.99 Å². The first-order valence-corrected chi connectivity index (χ1v) is 12.9. The average Bonchev–Trinajstić information content (AvgIpc) is 3.26. The number of amides is 1. The molecule has 1 amide bonds. The molecule has 0 atom stereocenters. The smallest absolute Gasteiger partial charge is 0.254 e. The zero-order valence-electron chi connectivity index (χ0n) is 20.3.